The van der Waals surface area contributed by atoms with E-state index in [1.165, 1.54) is 4.90 Å². The molecule has 1 aliphatic rings. The third-order valence-corrected chi connectivity index (χ3v) is 4.48. The van der Waals surface area contributed by atoms with Crippen LogP contribution >= 0.6 is 11.3 Å². The van der Waals surface area contributed by atoms with E-state index in [0.29, 0.717) is 13.0 Å². The minimum atomic E-state index is -0.966. The average molecular weight is 311 g/mol. The summed E-state index contributed by atoms with van der Waals surface area (Å²) in [7, 11) is 0. The number of aryl methyl sites for hydroxylation is 1. The topological polar surface area (TPSA) is 82.5 Å². The number of aliphatic carboxylic acids is 1. The fraction of sp³-hybridized carbons (Fsp3) is 0.643. The molecule has 0 atom stereocenters. The molecule has 7 heteroatoms. The van der Waals surface area contributed by atoms with Crippen LogP contribution in [0, 0.1) is 6.92 Å². The fourth-order valence-electron chi connectivity index (χ4n) is 2.65. The standard InChI is InChI=1S/C14H21N3O3S/c1-10-16-11(9-21-10)6-7-15-14(20)17(8-13(18)19)12-4-2-3-5-12/h9,12H,2-8H2,1H3,(H,15,20)(H,18,19). The normalized spacial score (nSPS) is 15.1. The smallest absolute Gasteiger partial charge is 0.323 e. The lowest BCUT2D eigenvalue weighted by molar-refractivity contribution is -0.138. The Morgan fingerprint density at radius 2 is 2.19 bits per heavy atom. The van der Waals surface area contributed by atoms with Gasteiger partial charge in [-0.15, -0.1) is 11.3 Å². The molecule has 0 radical (unpaired) electrons. The van der Waals surface area contributed by atoms with Gasteiger partial charge in [0.05, 0.1) is 10.7 Å². The fourth-order valence-corrected chi connectivity index (χ4v) is 3.30. The summed E-state index contributed by atoms with van der Waals surface area (Å²) in [4.78, 5) is 28.9. The highest BCUT2D eigenvalue weighted by atomic mass is 32.1. The van der Waals surface area contributed by atoms with E-state index in [1.54, 1.807) is 11.3 Å². The van der Waals surface area contributed by atoms with Crippen molar-refractivity contribution in [2.24, 2.45) is 0 Å². The number of urea groups is 1. The van der Waals surface area contributed by atoms with Crippen LogP contribution in [-0.2, 0) is 11.2 Å². The van der Waals surface area contributed by atoms with Crippen molar-refractivity contribution >= 4 is 23.3 Å². The van der Waals surface area contributed by atoms with Gasteiger partial charge in [0.15, 0.2) is 0 Å². The minimum absolute atomic E-state index is 0.0580. The Kier molecular flexibility index (Phi) is 5.55. The number of nitrogens with zero attached hydrogens (tertiary/aromatic N) is 2. The molecular weight excluding hydrogens is 290 g/mol. The molecule has 0 bridgehead atoms. The second kappa shape index (κ2) is 7.40. The lowest BCUT2D eigenvalue weighted by Crippen LogP contribution is -2.48. The maximum atomic E-state index is 12.2. The molecule has 2 amide bonds. The van der Waals surface area contributed by atoms with Crippen molar-refractivity contribution in [3.8, 4) is 0 Å². The van der Waals surface area contributed by atoms with Crippen LogP contribution in [0.25, 0.3) is 0 Å². The molecule has 0 aromatic carbocycles. The molecule has 1 aromatic heterocycles. The van der Waals surface area contributed by atoms with E-state index in [2.05, 4.69) is 10.3 Å². The summed E-state index contributed by atoms with van der Waals surface area (Å²) < 4.78 is 0. The van der Waals surface area contributed by atoms with Gasteiger partial charge in [0.1, 0.15) is 6.54 Å². The molecular formula is C14H21N3O3S. The van der Waals surface area contributed by atoms with Crippen LogP contribution < -0.4 is 5.32 Å². The highest BCUT2D eigenvalue weighted by molar-refractivity contribution is 7.09. The molecule has 1 heterocycles. The van der Waals surface area contributed by atoms with Crippen LogP contribution in [0.2, 0.25) is 0 Å². The Balaban J connectivity index is 1.84. The van der Waals surface area contributed by atoms with Gasteiger partial charge in [-0.3, -0.25) is 4.79 Å². The van der Waals surface area contributed by atoms with Crippen LogP contribution in [-0.4, -0.2) is 46.1 Å². The molecule has 1 fully saturated rings. The van der Waals surface area contributed by atoms with Crippen molar-refractivity contribution in [1.29, 1.82) is 0 Å². The van der Waals surface area contributed by atoms with E-state index >= 15 is 0 Å². The van der Waals surface area contributed by atoms with E-state index in [4.69, 9.17) is 5.11 Å². The first-order chi connectivity index (χ1) is 10.1. The summed E-state index contributed by atoms with van der Waals surface area (Å²) in [6.07, 6.45) is 4.58. The Morgan fingerprint density at radius 1 is 1.48 bits per heavy atom. The minimum Gasteiger partial charge on any atom is -0.480 e. The molecule has 1 aromatic rings. The van der Waals surface area contributed by atoms with Gasteiger partial charge in [0.25, 0.3) is 0 Å². The molecule has 2 rings (SSSR count). The zero-order chi connectivity index (χ0) is 15.2. The summed E-state index contributed by atoms with van der Waals surface area (Å²) in [6.45, 7) is 2.19. The van der Waals surface area contributed by atoms with Crippen LogP contribution in [0.1, 0.15) is 36.4 Å². The molecule has 0 spiro atoms. The van der Waals surface area contributed by atoms with E-state index in [1.807, 2.05) is 12.3 Å². The summed E-state index contributed by atoms with van der Waals surface area (Å²) in [5, 5.41) is 14.8. The van der Waals surface area contributed by atoms with E-state index in [9.17, 15) is 9.59 Å². The van der Waals surface area contributed by atoms with E-state index < -0.39 is 5.97 Å². The van der Waals surface area contributed by atoms with Gasteiger partial charge in [0.2, 0.25) is 0 Å². The molecule has 1 aliphatic carbocycles. The Morgan fingerprint density at radius 3 is 2.76 bits per heavy atom. The number of rotatable bonds is 6. The SMILES string of the molecule is Cc1nc(CCNC(=O)N(CC(=O)O)C2CCCC2)cs1. The van der Waals surface area contributed by atoms with Gasteiger partial charge >= 0.3 is 12.0 Å². The number of hydrogen-bond donors (Lipinski definition) is 2. The summed E-state index contributed by atoms with van der Waals surface area (Å²) in [6, 6.07) is -0.223. The first-order valence-corrected chi connectivity index (χ1v) is 8.11. The lowest BCUT2D eigenvalue weighted by atomic mass is 10.2. The largest absolute Gasteiger partial charge is 0.480 e. The van der Waals surface area contributed by atoms with Crippen molar-refractivity contribution in [2.75, 3.05) is 13.1 Å². The maximum Gasteiger partial charge on any atom is 0.323 e. The van der Waals surface area contributed by atoms with Crippen molar-refractivity contribution in [1.82, 2.24) is 15.2 Å². The van der Waals surface area contributed by atoms with Crippen LogP contribution in [0.15, 0.2) is 5.38 Å². The average Bonchev–Trinajstić information content (AvgIpc) is 3.07. The molecule has 0 unspecified atom stereocenters. The predicted molar refractivity (Wildman–Crippen MR) is 80.6 cm³/mol. The number of amides is 2. The lowest BCUT2D eigenvalue weighted by Gasteiger charge is -2.27. The molecule has 116 valence electrons. The molecule has 6 nitrogen and oxygen atoms in total. The van der Waals surface area contributed by atoms with Gasteiger partial charge in [-0.2, -0.15) is 0 Å². The van der Waals surface area contributed by atoms with Gasteiger partial charge in [-0.1, -0.05) is 12.8 Å². The highest BCUT2D eigenvalue weighted by Crippen LogP contribution is 2.23. The van der Waals surface area contributed by atoms with Gasteiger partial charge in [-0.25, -0.2) is 9.78 Å². The monoisotopic (exact) mass is 311 g/mol. The van der Waals surface area contributed by atoms with Crippen molar-refractivity contribution < 1.29 is 14.7 Å². The van der Waals surface area contributed by atoms with Crippen LogP contribution in [0.4, 0.5) is 4.79 Å². The first kappa shape index (κ1) is 15.8. The van der Waals surface area contributed by atoms with Crippen LogP contribution in [0.3, 0.4) is 0 Å². The molecule has 2 N–H and O–H groups in total. The number of nitrogens with one attached hydrogen (secondary N) is 1. The number of aromatic nitrogens is 1. The molecule has 0 saturated heterocycles. The van der Waals surface area contributed by atoms with Gasteiger partial charge in [-0.05, 0) is 19.8 Å². The number of hydrogen-bond acceptors (Lipinski definition) is 4. The van der Waals surface area contributed by atoms with Crippen molar-refractivity contribution in [3.05, 3.63) is 16.1 Å². The van der Waals surface area contributed by atoms with Crippen LogP contribution in [0.5, 0.6) is 0 Å². The zero-order valence-corrected chi connectivity index (χ0v) is 13.0. The number of carboxylic acid groups (broad SMARTS) is 1. The second-order valence-electron chi connectivity index (χ2n) is 5.30. The maximum absolute atomic E-state index is 12.2. The number of thiazole rings is 1. The number of carboxylic acids is 1. The predicted octanol–water partition coefficient (Wildman–Crippen LogP) is 2.03. The Bertz CT molecular complexity index is 497. The quantitative estimate of drug-likeness (QED) is 0.842. The van der Waals surface area contributed by atoms with Gasteiger partial charge < -0.3 is 15.3 Å². The van der Waals surface area contributed by atoms with Gasteiger partial charge in [0, 0.05) is 24.4 Å². The van der Waals surface area contributed by atoms with Crippen molar-refractivity contribution in [2.45, 2.75) is 45.1 Å². The van der Waals surface area contributed by atoms with E-state index in [0.717, 1.165) is 36.4 Å². The molecule has 21 heavy (non-hydrogen) atoms. The summed E-state index contributed by atoms with van der Waals surface area (Å²) >= 11 is 1.59. The third-order valence-electron chi connectivity index (χ3n) is 3.66. The zero-order valence-electron chi connectivity index (χ0n) is 12.2. The van der Waals surface area contributed by atoms with Crippen molar-refractivity contribution in [3.63, 3.8) is 0 Å². The summed E-state index contributed by atoms with van der Waals surface area (Å²) in [5.41, 5.74) is 0.962. The van der Waals surface area contributed by atoms with E-state index in [-0.39, 0.29) is 18.6 Å². The Hall–Kier alpha value is -1.63. The highest BCUT2D eigenvalue weighted by Gasteiger charge is 2.28. The Labute approximate surface area is 128 Å². The number of carbonyl (C=O) groups excluding carboxylic acids is 1. The second-order valence-corrected chi connectivity index (χ2v) is 6.36. The number of carbonyl (C=O) groups is 2. The molecule has 0 aliphatic heterocycles. The summed E-state index contributed by atoms with van der Waals surface area (Å²) in [5.74, 6) is -0.966. The third kappa shape index (κ3) is 4.70. The molecule has 1 saturated carbocycles. The first-order valence-electron chi connectivity index (χ1n) is 7.23.